The average molecular weight is 237 g/mol. The van der Waals surface area contributed by atoms with Crippen LogP contribution in [0.3, 0.4) is 0 Å². The van der Waals surface area contributed by atoms with E-state index in [0.717, 1.165) is 18.8 Å². The Balaban J connectivity index is 2.14. The van der Waals surface area contributed by atoms with Crippen LogP contribution >= 0.6 is 0 Å². The topological polar surface area (TPSA) is 52.3 Å². The summed E-state index contributed by atoms with van der Waals surface area (Å²) in [6, 6.07) is 0. The second kappa shape index (κ2) is 4.90. The van der Waals surface area contributed by atoms with E-state index in [2.05, 4.69) is 16.6 Å². The van der Waals surface area contributed by atoms with Crippen LogP contribution in [0.1, 0.15) is 60.7 Å². The molecule has 0 N–H and O–H groups in total. The van der Waals surface area contributed by atoms with Crippen molar-refractivity contribution in [3.8, 4) is 0 Å². The Morgan fingerprint density at radius 3 is 2.59 bits per heavy atom. The molecule has 0 atom stereocenters. The van der Waals surface area contributed by atoms with Gasteiger partial charge in [0.1, 0.15) is 5.76 Å². The Morgan fingerprint density at radius 1 is 1.35 bits per heavy atom. The summed E-state index contributed by atoms with van der Waals surface area (Å²) in [5, 5.41) is 0. The highest BCUT2D eigenvalue weighted by molar-refractivity contribution is 5.88. The molecule has 0 unspecified atom stereocenters. The van der Waals surface area contributed by atoms with E-state index in [1.807, 2.05) is 0 Å². The van der Waals surface area contributed by atoms with Crippen LogP contribution in [0.4, 0.5) is 0 Å². The second-order valence-electron chi connectivity index (χ2n) is 4.91. The molecule has 1 aliphatic rings. The zero-order valence-corrected chi connectivity index (χ0v) is 10.7. The number of rotatable bonds is 2. The van der Waals surface area contributed by atoms with Gasteiger partial charge in [-0.05, 0) is 38.5 Å². The first-order chi connectivity index (χ1) is 8.11. The molecule has 0 aliphatic heterocycles. The number of esters is 1. The number of methoxy groups -OCH3 is 1. The Bertz CT molecular complexity index is 403. The minimum Gasteiger partial charge on any atom is -0.464 e. The summed E-state index contributed by atoms with van der Waals surface area (Å²) >= 11 is 0. The summed E-state index contributed by atoms with van der Waals surface area (Å²) in [5.74, 6) is 2.01. The monoisotopic (exact) mass is 237 g/mol. The third kappa shape index (κ3) is 2.51. The average Bonchev–Trinajstić information content (AvgIpc) is 2.71. The smallest absolute Gasteiger partial charge is 0.360 e. The van der Waals surface area contributed by atoms with Crippen molar-refractivity contribution in [3.63, 3.8) is 0 Å². The number of hydrogen-bond acceptors (Lipinski definition) is 4. The fourth-order valence-corrected chi connectivity index (χ4v) is 2.38. The van der Waals surface area contributed by atoms with Crippen LogP contribution in [0.15, 0.2) is 4.42 Å². The van der Waals surface area contributed by atoms with Gasteiger partial charge in [0, 0.05) is 5.92 Å². The summed E-state index contributed by atoms with van der Waals surface area (Å²) in [4.78, 5) is 15.7. The molecule has 17 heavy (non-hydrogen) atoms. The lowest BCUT2D eigenvalue weighted by Gasteiger charge is -2.23. The summed E-state index contributed by atoms with van der Waals surface area (Å²) in [6.45, 7) is 4.03. The summed E-state index contributed by atoms with van der Waals surface area (Å²) < 4.78 is 10.3. The van der Waals surface area contributed by atoms with Gasteiger partial charge in [-0.15, -0.1) is 0 Å². The summed E-state index contributed by atoms with van der Waals surface area (Å²) in [5.41, 5.74) is 0.320. The van der Waals surface area contributed by atoms with Crippen LogP contribution in [0.25, 0.3) is 0 Å². The summed E-state index contributed by atoms with van der Waals surface area (Å²) in [6.07, 6.45) is 4.61. The summed E-state index contributed by atoms with van der Waals surface area (Å²) in [7, 11) is 1.36. The van der Waals surface area contributed by atoms with E-state index in [1.54, 1.807) is 6.92 Å². The lowest BCUT2D eigenvalue weighted by Crippen LogP contribution is -2.11. The zero-order chi connectivity index (χ0) is 12.4. The molecule has 0 amide bonds. The van der Waals surface area contributed by atoms with Crippen molar-refractivity contribution < 1.29 is 13.9 Å². The molecule has 0 radical (unpaired) electrons. The number of ether oxygens (including phenoxy) is 1. The lowest BCUT2D eigenvalue weighted by molar-refractivity contribution is 0.0593. The maximum atomic E-state index is 11.4. The standard InChI is InChI=1S/C13H19NO3/c1-8-4-6-10(7-5-8)12-14-11(9(2)17-12)13(15)16-3/h8,10H,4-7H2,1-3H3/t8-,10-. The molecule has 1 aromatic rings. The molecule has 2 rings (SSSR count). The highest BCUT2D eigenvalue weighted by Gasteiger charge is 2.26. The molecule has 0 bridgehead atoms. The van der Waals surface area contributed by atoms with E-state index in [0.29, 0.717) is 23.3 Å². The Morgan fingerprint density at radius 2 is 2.00 bits per heavy atom. The van der Waals surface area contributed by atoms with Crippen LogP contribution in [0.2, 0.25) is 0 Å². The first-order valence-electron chi connectivity index (χ1n) is 6.17. The molecule has 1 fully saturated rings. The first-order valence-corrected chi connectivity index (χ1v) is 6.17. The fraction of sp³-hybridized carbons (Fsp3) is 0.692. The van der Waals surface area contributed by atoms with E-state index in [4.69, 9.17) is 4.42 Å². The van der Waals surface area contributed by atoms with Gasteiger partial charge in [-0.25, -0.2) is 9.78 Å². The molecule has 4 heteroatoms. The molecule has 1 heterocycles. The lowest BCUT2D eigenvalue weighted by atomic mass is 9.83. The molecule has 0 saturated heterocycles. The first kappa shape index (κ1) is 12.1. The van der Waals surface area contributed by atoms with Gasteiger partial charge >= 0.3 is 5.97 Å². The van der Waals surface area contributed by atoms with E-state index in [1.165, 1.54) is 20.0 Å². The number of hydrogen-bond donors (Lipinski definition) is 0. The molecule has 94 valence electrons. The molecule has 1 saturated carbocycles. The van der Waals surface area contributed by atoms with Crippen molar-refractivity contribution in [3.05, 3.63) is 17.3 Å². The van der Waals surface area contributed by atoms with Gasteiger partial charge in [0.25, 0.3) is 0 Å². The van der Waals surface area contributed by atoms with Crippen LogP contribution in [-0.2, 0) is 4.74 Å². The number of nitrogens with zero attached hydrogens (tertiary/aromatic N) is 1. The minimum absolute atomic E-state index is 0.320. The van der Waals surface area contributed by atoms with Gasteiger partial charge < -0.3 is 9.15 Å². The Kier molecular flexibility index (Phi) is 3.50. The van der Waals surface area contributed by atoms with Gasteiger partial charge in [-0.1, -0.05) is 6.92 Å². The van der Waals surface area contributed by atoms with Gasteiger partial charge in [-0.2, -0.15) is 0 Å². The van der Waals surface area contributed by atoms with E-state index in [9.17, 15) is 4.79 Å². The number of carbonyl (C=O) groups is 1. The van der Waals surface area contributed by atoms with Gasteiger partial charge in [0.2, 0.25) is 0 Å². The van der Waals surface area contributed by atoms with Crippen LogP contribution in [0.5, 0.6) is 0 Å². The number of oxazole rings is 1. The van der Waals surface area contributed by atoms with E-state index < -0.39 is 5.97 Å². The second-order valence-corrected chi connectivity index (χ2v) is 4.91. The van der Waals surface area contributed by atoms with Crippen LogP contribution in [-0.4, -0.2) is 18.1 Å². The maximum Gasteiger partial charge on any atom is 0.360 e. The third-order valence-electron chi connectivity index (χ3n) is 3.56. The largest absolute Gasteiger partial charge is 0.464 e. The van der Waals surface area contributed by atoms with Crippen molar-refractivity contribution in [2.24, 2.45) is 5.92 Å². The van der Waals surface area contributed by atoms with Crippen LogP contribution < -0.4 is 0 Å². The van der Waals surface area contributed by atoms with Crippen molar-refractivity contribution in [2.45, 2.75) is 45.4 Å². The van der Waals surface area contributed by atoms with Crippen molar-refractivity contribution in [1.29, 1.82) is 0 Å². The maximum absolute atomic E-state index is 11.4. The van der Waals surface area contributed by atoms with Gasteiger partial charge in [0.05, 0.1) is 7.11 Å². The SMILES string of the molecule is COC(=O)c1nc([C@H]2CC[C@H](C)CC2)oc1C. The predicted octanol–water partition coefficient (Wildman–Crippen LogP) is 3.06. The highest BCUT2D eigenvalue weighted by Crippen LogP contribution is 2.35. The Hall–Kier alpha value is -1.32. The zero-order valence-electron chi connectivity index (χ0n) is 10.7. The molecular weight excluding hydrogens is 218 g/mol. The molecule has 4 nitrogen and oxygen atoms in total. The van der Waals surface area contributed by atoms with Gasteiger partial charge in [-0.3, -0.25) is 0 Å². The van der Waals surface area contributed by atoms with E-state index in [-0.39, 0.29) is 0 Å². The number of aromatic nitrogens is 1. The molecule has 1 aliphatic carbocycles. The molecular formula is C13H19NO3. The number of aryl methyl sites for hydroxylation is 1. The van der Waals surface area contributed by atoms with Crippen LogP contribution in [0, 0.1) is 12.8 Å². The van der Waals surface area contributed by atoms with Crippen molar-refractivity contribution in [2.75, 3.05) is 7.11 Å². The Labute approximate surface area is 101 Å². The van der Waals surface area contributed by atoms with Crippen molar-refractivity contribution >= 4 is 5.97 Å². The van der Waals surface area contributed by atoms with Crippen molar-refractivity contribution in [1.82, 2.24) is 4.98 Å². The van der Waals surface area contributed by atoms with E-state index >= 15 is 0 Å². The normalized spacial score (nSPS) is 24.6. The molecule has 1 aromatic heterocycles. The molecule has 0 aromatic carbocycles. The predicted molar refractivity (Wildman–Crippen MR) is 63.0 cm³/mol. The molecule has 0 spiro atoms. The highest BCUT2D eigenvalue weighted by atomic mass is 16.5. The minimum atomic E-state index is -0.415. The fourth-order valence-electron chi connectivity index (χ4n) is 2.38. The van der Waals surface area contributed by atoms with Gasteiger partial charge in [0.15, 0.2) is 11.6 Å². The quantitative estimate of drug-likeness (QED) is 0.742. The number of carbonyl (C=O) groups excluding carboxylic acids is 1. The third-order valence-corrected chi connectivity index (χ3v) is 3.56.